The zero-order chi connectivity index (χ0) is 10.5. The van der Waals surface area contributed by atoms with Gasteiger partial charge in [0.1, 0.15) is 0 Å². The summed E-state index contributed by atoms with van der Waals surface area (Å²) >= 11 is 0. The summed E-state index contributed by atoms with van der Waals surface area (Å²) in [5, 5.41) is 13.1. The number of aliphatic hydroxyl groups excluding tert-OH is 1. The summed E-state index contributed by atoms with van der Waals surface area (Å²) in [5.41, 5.74) is 0.422. The van der Waals surface area contributed by atoms with E-state index in [1.165, 1.54) is 38.5 Å². The van der Waals surface area contributed by atoms with Gasteiger partial charge >= 0.3 is 0 Å². The van der Waals surface area contributed by atoms with Crippen LogP contribution in [0.3, 0.4) is 0 Å². The van der Waals surface area contributed by atoms with Crippen LogP contribution in [0.25, 0.3) is 0 Å². The maximum atomic E-state index is 9.39. The van der Waals surface area contributed by atoms with Gasteiger partial charge in [-0.25, -0.2) is 0 Å². The van der Waals surface area contributed by atoms with E-state index in [4.69, 9.17) is 0 Å². The Bertz CT molecular complexity index is 214. The molecule has 0 aromatic rings. The molecule has 15 heavy (non-hydrogen) atoms. The molecule has 0 unspecified atom stereocenters. The fourth-order valence-electron chi connectivity index (χ4n) is 4.69. The van der Waals surface area contributed by atoms with E-state index in [0.717, 1.165) is 24.3 Å². The minimum absolute atomic E-state index is 0.196. The number of nitrogens with one attached hydrogen (secondary N) is 1. The van der Waals surface area contributed by atoms with Gasteiger partial charge in [-0.05, 0) is 63.2 Å². The Morgan fingerprint density at radius 3 is 2.00 bits per heavy atom. The monoisotopic (exact) mass is 209 g/mol. The average Bonchev–Trinajstić information content (AvgIpc) is 2.12. The van der Waals surface area contributed by atoms with Crippen molar-refractivity contribution in [1.29, 1.82) is 0 Å². The predicted molar refractivity (Wildman–Crippen MR) is 60.6 cm³/mol. The second kappa shape index (κ2) is 3.46. The average molecular weight is 209 g/mol. The Balaban J connectivity index is 1.70. The van der Waals surface area contributed by atoms with Crippen molar-refractivity contribution in [2.45, 2.75) is 57.1 Å². The van der Waals surface area contributed by atoms with Crippen LogP contribution in [0, 0.1) is 17.8 Å². The molecule has 2 N–H and O–H groups in total. The molecule has 0 amide bonds. The van der Waals surface area contributed by atoms with Crippen LogP contribution < -0.4 is 5.32 Å². The SMILES string of the molecule is C[C@@H](O)CNC12CC3CC(CC(C3)C1)C2. The number of aliphatic hydroxyl groups is 1. The second-order valence-corrected chi connectivity index (χ2v) is 6.43. The second-order valence-electron chi connectivity index (χ2n) is 6.43. The number of hydrogen-bond acceptors (Lipinski definition) is 2. The fraction of sp³-hybridized carbons (Fsp3) is 1.00. The first-order valence-corrected chi connectivity index (χ1v) is 6.58. The Morgan fingerprint density at radius 1 is 1.13 bits per heavy atom. The van der Waals surface area contributed by atoms with E-state index in [1.54, 1.807) is 0 Å². The zero-order valence-electron chi connectivity index (χ0n) is 9.71. The molecule has 4 saturated carbocycles. The predicted octanol–water partition coefficient (Wildman–Crippen LogP) is 1.93. The van der Waals surface area contributed by atoms with Crippen LogP contribution in [-0.2, 0) is 0 Å². The number of β-amino-alcohol motifs (C(OH)–C–C–N with tert-alkyl or cyclic N) is 1. The van der Waals surface area contributed by atoms with Crippen LogP contribution in [-0.4, -0.2) is 23.3 Å². The van der Waals surface area contributed by atoms with Crippen LogP contribution in [0.5, 0.6) is 0 Å². The van der Waals surface area contributed by atoms with Gasteiger partial charge in [0, 0.05) is 12.1 Å². The topological polar surface area (TPSA) is 32.3 Å². The summed E-state index contributed by atoms with van der Waals surface area (Å²) in [4.78, 5) is 0. The van der Waals surface area contributed by atoms with Gasteiger partial charge in [0.2, 0.25) is 0 Å². The molecule has 0 aromatic carbocycles. The number of rotatable bonds is 3. The molecule has 0 aliphatic heterocycles. The molecule has 1 atom stereocenters. The van der Waals surface area contributed by atoms with Gasteiger partial charge in [0.15, 0.2) is 0 Å². The van der Waals surface area contributed by atoms with Gasteiger partial charge in [0.25, 0.3) is 0 Å². The molecule has 4 bridgehead atoms. The van der Waals surface area contributed by atoms with Gasteiger partial charge in [-0.1, -0.05) is 0 Å². The minimum Gasteiger partial charge on any atom is -0.392 e. The molecule has 86 valence electrons. The lowest BCUT2D eigenvalue weighted by Crippen LogP contribution is -2.59. The molecule has 4 aliphatic carbocycles. The van der Waals surface area contributed by atoms with E-state index in [0.29, 0.717) is 5.54 Å². The van der Waals surface area contributed by atoms with Gasteiger partial charge in [-0.3, -0.25) is 0 Å². The standard InChI is InChI=1S/C13H23NO/c1-9(15)8-14-13-5-10-2-11(6-13)4-12(3-10)7-13/h9-12,14-15H,2-8H2,1H3/t9-,10?,11?,12?,13?/m1/s1. The molecule has 2 heteroatoms. The molecule has 0 radical (unpaired) electrons. The van der Waals surface area contributed by atoms with Crippen molar-refractivity contribution >= 4 is 0 Å². The van der Waals surface area contributed by atoms with Gasteiger partial charge in [-0.2, -0.15) is 0 Å². The summed E-state index contributed by atoms with van der Waals surface area (Å²) in [6.45, 7) is 2.67. The molecule has 4 rings (SSSR count). The molecule has 0 saturated heterocycles. The highest BCUT2D eigenvalue weighted by Crippen LogP contribution is 2.55. The first-order valence-electron chi connectivity index (χ1n) is 6.58. The van der Waals surface area contributed by atoms with E-state index in [2.05, 4.69) is 5.32 Å². The van der Waals surface area contributed by atoms with Crippen LogP contribution >= 0.6 is 0 Å². The molecular weight excluding hydrogens is 186 g/mol. The van der Waals surface area contributed by atoms with E-state index >= 15 is 0 Å². The highest BCUT2D eigenvalue weighted by Gasteiger charge is 2.50. The van der Waals surface area contributed by atoms with E-state index in [9.17, 15) is 5.11 Å². The summed E-state index contributed by atoms with van der Waals surface area (Å²) < 4.78 is 0. The summed E-state index contributed by atoms with van der Waals surface area (Å²) in [5.74, 6) is 2.99. The van der Waals surface area contributed by atoms with E-state index in [-0.39, 0.29) is 6.10 Å². The maximum absolute atomic E-state index is 9.39. The third-order valence-electron chi connectivity index (χ3n) is 4.81. The first kappa shape index (κ1) is 10.1. The van der Waals surface area contributed by atoms with Crippen molar-refractivity contribution in [3.8, 4) is 0 Å². The van der Waals surface area contributed by atoms with Crippen LogP contribution in [0.2, 0.25) is 0 Å². The Kier molecular flexibility index (Phi) is 2.33. The third kappa shape index (κ3) is 1.83. The summed E-state index contributed by atoms with van der Waals surface area (Å²) in [6, 6.07) is 0. The smallest absolute Gasteiger partial charge is 0.0636 e. The lowest BCUT2D eigenvalue weighted by atomic mass is 9.53. The maximum Gasteiger partial charge on any atom is 0.0636 e. The Morgan fingerprint density at radius 2 is 1.60 bits per heavy atom. The summed E-state index contributed by atoms with van der Waals surface area (Å²) in [6.07, 6.45) is 8.43. The molecule has 0 spiro atoms. The highest BCUT2D eigenvalue weighted by molar-refractivity contribution is 5.06. The highest BCUT2D eigenvalue weighted by atomic mass is 16.3. The van der Waals surface area contributed by atoms with Crippen LogP contribution in [0.1, 0.15) is 45.4 Å². The first-order chi connectivity index (χ1) is 7.15. The zero-order valence-corrected chi connectivity index (χ0v) is 9.71. The normalized spacial score (nSPS) is 49.6. The largest absolute Gasteiger partial charge is 0.392 e. The van der Waals surface area contributed by atoms with Crippen LogP contribution in [0.4, 0.5) is 0 Å². The molecule has 4 fully saturated rings. The third-order valence-corrected chi connectivity index (χ3v) is 4.81. The van der Waals surface area contributed by atoms with Crippen molar-refractivity contribution in [2.75, 3.05) is 6.54 Å². The van der Waals surface area contributed by atoms with Crippen molar-refractivity contribution in [1.82, 2.24) is 5.32 Å². The van der Waals surface area contributed by atoms with Gasteiger partial charge in [-0.15, -0.1) is 0 Å². The Hall–Kier alpha value is -0.0800. The van der Waals surface area contributed by atoms with E-state index < -0.39 is 0 Å². The lowest BCUT2D eigenvalue weighted by molar-refractivity contribution is -0.0239. The van der Waals surface area contributed by atoms with Gasteiger partial charge < -0.3 is 10.4 Å². The Labute approximate surface area is 92.4 Å². The molecule has 2 nitrogen and oxygen atoms in total. The minimum atomic E-state index is -0.196. The number of hydrogen-bond donors (Lipinski definition) is 2. The van der Waals surface area contributed by atoms with Gasteiger partial charge in [0.05, 0.1) is 6.10 Å². The summed E-state index contributed by atoms with van der Waals surface area (Å²) in [7, 11) is 0. The molecule has 0 heterocycles. The van der Waals surface area contributed by atoms with Crippen LogP contribution in [0.15, 0.2) is 0 Å². The van der Waals surface area contributed by atoms with Crippen molar-refractivity contribution in [3.05, 3.63) is 0 Å². The fourth-order valence-corrected chi connectivity index (χ4v) is 4.69. The molecule has 4 aliphatic rings. The van der Waals surface area contributed by atoms with Crippen molar-refractivity contribution < 1.29 is 5.11 Å². The lowest BCUT2D eigenvalue weighted by Gasteiger charge is -2.57. The molecule has 0 aromatic heterocycles. The molecular formula is C13H23NO. The van der Waals surface area contributed by atoms with Crippen molar-refractivity contribution in [2.24, 2.45) is 17.8 Å². The quantitative estimate of drug-likeness (QED) is 0.744. The van der Waals surface area contributed by atoms with E-state index in [1.807, 2.05) is 6.92 Å². The van der Waals surface area contributed by atoms with Crippen molar-refractivity contribution in [3.63, 3.8) is 0 Å².